The van der Waals surface area contributed by atoms with Crippen LogP contribution in [-0.2, 0) is 13.1 Å². The molecular weight excluding hydrogens is 402 g/mol. The lowest BCUT2D eigenvalue weighted by atomic mass is 9.98. The maximum atomic E-state index is 13.2. The highest BCUT2D eigenvalue weighted by Crippen LogP contribution is 2.44. The Morgan fingerprint density at radius 2 is 1.88 bits per heavy atom. The molecule has 0 aliphatic carbocycles. The smallest absolute Gasteiger partial charge is 0.232 e. The molecule has 2 aromatic carbocycles. The number of Topliss-reactive ketones (excluding diaryl/α,β-unsaturated/α-hetero) is 1. The first-order valence-electron chi connectivity index (χ1n) is 10.6. The third-order valence-electron chi connectivity index (χ3n) is 5.85. The Balaban J connectivity index is 1.44. The van der Waals surface area contributed by atoms with Gasteiger partial charge in [-0.15, -0.1) is 0 Å². The molecule has 0 saturated heterocycles. The number of ketones is 1. The zero-order chi connectivity index (χ0) is 22.2. The molecule has 6 heteroatoms. The van der Waals surface area contributed by atoms with Crippen molar-refractivity contribution in [2.75, 3.05) is 25.7 Å². The van der Waals surface area contributed by atoms with Crippen molar-refractivity contribution in [3.63, 3.8) is 0 Å². The van der Waals surface area contributed by atoms with Crippen molar-refractivity contribution in [3.8, 4) is 11.5 Å². The van der Waals surface area contributed by atoms with E-state index in [4.69, 9.17) is 9.47 Å². The van der Waals surface area contributed by atoms with Gasteiger partial charge >= 0.3 is 0 Å². The summed E-state index contributed by atoms with van der Waals surface area (Å²) in [6, 6.07) is 14.0. The molecule has 0 saturated carbocycles. The van der Waals surface area contributed by atoms with Crippen LogP contribution in [0.2, 0.25) is 0 Å². The molecule has 2 aliphatic rings. The van der Waals surface area contributed by atoms with E-state index >= 15 is 0 Å². The molecule has 5 rings (SSSR count). The number of fused-ring (bicyclic) bond motifs is 3. The minimum atomic E-state index is -0.0803. The van der Waals surface area contributed by atoms with E-state index < -0.39 is 0 Å². The highest BCUT2D eigenvalue weighted by Gasteiger charge is 2.35. The normalized spacial score (nSPS) is 16.3. The fourth-order valence-electron chi connectivity index (χ4n) is 4.14. The van der Waals surface area contributed by atoms with Crippen LogP contribution >= 0.6 is 0 Å². The van der Waals surface area contributed by atoms with Crippen LogP contribution < -0.4 is 14.4 Å². The molecule has 6 nitrogen and oxygen atoms in total. The summed E-state index contributed by atoms with van der Waals surface area (Å²) >= 11 is 0. The van der Waals surface area contributed by atoms with Gasteiger partial charge in [-0.25, -0.2) is 0 Å². The third-order valence-corrected chi connectivity index (χ3v) is 5.85. The lowest BCUT2D eigenvalue weighted by Crippen LogP contribution is -2.31. The van der Waals surface area contributed by atoms with E-state index in [9.17, 15) is 4.79 Å². The molecule has 0 spiro atoms. The van der Waals surface area contributed by atoms with Gasteiger partial charge in [0.2, 0.25) is 5.78 Å². The van der Waals surface area contributed by atoms with Crippen LogP contribution in [0.5, 0.6) is 11.5 Å². The largest absolute Gasteiger partial charge is 0.478 e. The van der Waals surface area contributed by atoms with E-state index in [0.717, 1.165) is 40.2 Å². The number of ether oxygens (including phenoxy) is 2. The minimum absolute atomic E-state index is 0.0803. The molecule has 0 N–H and O–H groups in total. The Bertz CT molecular complexity index is 1200. The summed E-state index contributed by atoms with van der Waals surface area (Å²) in [7, 11) is 4.00. The van der Waals surface area contributed by atoms with Crippen molar-refractivity contribution < 1.29 is 14.3 Å². The summed E-state index contributed by atoms with van der Waals surface area (Å²) in [6.45, 7) is 3.81. The number of rotatable bonds is 4. The molecule has 0 amide bonds. The Morgan fingerprint density at radius 1 is 1.12 bits per heavy atom. The maximum absolute atomic E-state index is 13.2. The number of carbonyl (C=O) groups excluding carboxylic acids is 1. The molecule has 2 aliphatic heterocycles. The molecule has 0 fully saturated rings. The first-order valence-corrected chi connectivity index (χ1v) is 10.6. The van der Waals surface area contributed by atoms with E-state index in [0.29, 0.717) is 30.3 Å². The van der Waals surface area contributed by atoms with Crippen LogP contribution in [0.4, 0.5) is 5.69 Å². The van der Waals surface area contributed by atoms with Gasteiger partial charge in [0, 0.05) is 45.3 Å². The van der Waals surface area contributed by atoms with E-state index in [2.05, 4.69) is 9.88 Å². The monoisotopic (exact) mass is 427 g/mol. The van der Waals surface area contributed by atoms with Crippen molar-refractivity contribution in [3.05, 3.63) is 88.4 Å². The highest BCUT2D eigenvalue weighted by molar-refractivity contribution is 6.15. The summed E-state index contributed by atoms with van der Waals surface area (Å²) in [5, 5.41) is 0. The molecule has 0 unspecified atom stereocenters. The van der Waals surface area contributed by atoms with Crippen molar-refractivity contribution in [2.45, 2.75) is 20.0 Å². The predicted molar refractivity (Wildman–Crippen MR) is 124 cm³/mol. The fraction of sp³-hybridized carbons (Fsp3) is 0.231. The molecule has 32 heavy (non-hydrogen) atoms. The van der Waals surface area contributed by atoms with Crippen LogP contribution in [0, 0.1) is 6.92 Å². The van der Waals surface area contributed by atoms with Gasteiger partial charge in [0.05, 0.1) is 11.1 Å². The highest BCUT2D eigenvalue weighted by atomic mass is 16.5. The number of carbonyl (C=O) groups is 1. The molecular formula is C26H25N3O3. The lowest BCUT2D eigenvalue weighted by Gasteiger charge is -2.30. The molecule has 1 aromatic heterocycles. The number of hydrogen-bond donors (Lipinski definition) is 0. The van der Waals surface area contributed by atoms with Crippen LogP contribution in [-0.4, -0.2) is 36.5 Å². The Morgan fingerprint density at radius 3 is 2.59 bits per heavy atom. The maximum Gasteiger partial charge on any atom is 0.232 e. The number of aryl methyl sites for hydroxylation is 1. The Labute approximate surface area is 187 Å². The SMILES string of the molecule is Cc1cc2c(c3c1C(=O)/C(=C/c1ccc(N(C)C)cc1)O3)CN(Cc1ccncc1)CO2. The summed E-state index contributed by atoms with van der Waals surface area (Å²) in [5.74, 6) is 1.68. The molecule has 0 atom stereocenters. The number of hydrogen-bond acceptors (Lipinski definition) is 6. The van der Waals surface area contributed by atoms with Crippen LogP contribution in [0.1, 0.15) is 32.6 Å². The molecule has 3 aromatic rings. The average Bonchev–Trinajstić information content (AvgIpc) is 3.12. The minimum Gasteiger partial charge on any atom is -0.478 e. The summed E-state index contributed by atoms with van der Waals surface area (Å²) in [6.07, 6.45) is 5.39. The lowest BCUT2D eigenvalue weighted by molar-refractivity contribution is 0.0872. The summed E-state index contributed by atoms with van der Waals surface area (Å²) in [5.41, 5.74) is 5.62. The number of aromatic nitrogens is 1. The average molecular weight is 428 g/mol. The zero-order valence-electron chi connectivity index (χ0n) is 18.5. The van der Waals surface area contributed by atoms with Gasteiger partial charge < -0.3 is 14.4 Å². The van der Waals surface area contributed by atoms with Crippen LogP contribution in [0.3, 0.4) is 0 Å². The van der Waals surface area contributed by atoms with E-state index in [1.54, 1.807) is 12.4 Å². The predicted octanol–water partition coefficient (Wildman–Crippen LogP) is 4.42. The van der Waals surface area contributed by atoms with Crippen LogP contribution in [0.15, 0.2) is 60.6 Å². The van der Waals surface area contributed by atoms with Crippen molar-refractivity contribution in [1.29, 1.82) is 0 Å². The standard InChI is InChI=1S/C26H25N3O3/c1-17-12-22-21(15-29(16-31-22)14-19-8-10-27-11-9-19)26-24(17)25(30)23(32-26)13-18-4-6-20(7-5-18)28(2)3/h4-13H,14-16H2,1-3H3/b23-13-. The van der Waals surface area contributed by atoms with E-state index in [1.807, 2.05) is 74.5 Å². The number of anilines is 1. The quantitative estimate of drug-likeness (QED) is 0.575. The summed E-state index contributed by atoms with van der Waals surface area (Å²) in [4.78, 5) is 21.5. The number of pyridine rings is 1. The molecule has 162 valence electrons. The van der Waals surface area contributed by atoms with Crippen molar-refractivity contribution in [1.82, 2.24) is 9.88 Å². The Hall–Kier alpha value is -3.64. The molecule has 0 bridgehead atoms. The number of allylic oxidation sites excluding steroid dienone is 1. The zero-order valence-corrected chi connectivity index (χ0v) is 18.5. The molecule has 0 radical (unpaired) electrons. The fourth-order valence-corrected chi connectivity index (χ4v) is 4.14. The van der Waals surface area contributed by atoms with E-state index in [1.165, 1.54) is 0 Å². The van der Waals surface area contributed by atoms with Gasteiger partial charge in [-0.1, -0.05) is 12.1 Å². The van der Waals surface area contributed by atoms with Gasteiger partial charge in [0.25, 0.3) is 0 Å². The third kappa shape index (κ3) is 3.74. The van der Waals surface area contributed by atoms with Gasteiger partial charge in [-0.3, -0.25) is 14.7 Å². The number of nitrogens with zero attached hydrogens (tertiary/aromatic N) is 3. The molecule has 3 heterocycles. The Kier molecular flexibility index (Phi) is 5.15. The second-order valence-electron chi connectivity index (χ2n) is 8.42. The van der Waals surface area contributed by atoms with E-state index in [-0.39, 0.29) is 5.78 Å². The van der Waals surface area contributed by atoms with Crippen molar-refractivity contribution >= 4 is 17.5 Å². The number of benzene rings is 2. The van der Waals surface area contributed by atoms with Gasteiger partial charge in [0.15, 0.2) is 5.76 Å². The second kappa shape index (κ2) is 8.13. The topological polar surface area (TPSA) is 54.9 Å². The van der Waals surface area contributed by atoms with Crippen molar-refractivity contribution in [2.24, 2.45) is 0 Å². The van der Waals surface area contributed by atoms with Gasteiger partial charge in [-0.05, 0) is 60.0 Å². The van der Waals surface area contributed by atoms with Gasteiger partial charge in [0.1, 0.15) is 18.2 Å². The first kappa shape index (κ1) is 20.3. The van der Waals surface area contributed by atoms with Gasteiger partial charge in [-0.2, -0.15) is 0 Å². The summed E-state index contributed by atoms with van der Waals surface area (Å²) < 4.78 is 12.2. The van der Waals surface area contributed by atoms with Crippen LogP contribution in [0.25, 0.3) is 6.08 Å². The first-order chi connectivity index (χ1) is 15.5. The second-order valence-corrected chi connectivity index (χ2v) is 8.42.